The molecule has 1 aromatic carbocycles. The highest BCUT2D eigenvalue weighted by Crippen LogP contribution is 2.19. The van der Waals surface area contributed by atoms with Crippen molar-refractivity contribution in [2.24, 2.45) is 0 Å². The van der Waals surface area contributed by atoms with Crippen LogP contribution in [0.5, 0.6) is 0 Å². The van der Waals surface area contributed by atoms with Crippen LogP contribution in [0.3, 0.4) is 0 Å². The van der Waals surface area contributed by atoms with Crippen LogP contribution in [0.2, 0.25) is 6.04 Å². The molecule has 1 aromatic heterocycles. The molecule has 27 heavy (non-hydrogen) atoms. The summed E-state index contributed by atoms with van der Waals surface area (Å²) >= 11 is 4.18. The molecule has 0 saturated heterocycles. The van der Waals surface area contributed by atoms with E-state index in [1.165, 1.54) is 0 Å². The van der Waals surface area contributed by atoms with Crippen molar-refractivity contribution in [2.75, 3.05) is 31.7 Å². The summed E-state index contributed by atoms with van der Waals surface area (Å²) in [5.41, 5.74) is 2.30. The average molecular weight is 413 g/mol. The zero-order chi connectivity index (χ0) is 19.7. The van der Waals surface area contributed by atoms with Gasteiger partial charge in [-0.2, -0.15) is 0 Å². The molecule has 2 amide bonds. The first-order valence-corrected chi connectivity index (χ1v) is 11.5. The molecule has 0 unspecified atom stereocenters. The zero-order valence-electron chi connectivity index (χ0n) is 16.0. The molecule has 8 nitrogen and oxygen atoms in total. The van der Waals surface area contributed by atoms with Crippen LogP contribution in [0.15, 0.2) is 23.4 Å². The Kier molecular flexibility index (Phi) is 8.57. The number of hydrogen-bond donors (Lipinski definition) is 4. The quantitative estimate of drug-likeness (QED) is 0.258. The number of hydrogen-bond acceptors (Lipinski definition) is 6. The lowest BCUT2D eigenvalue weighted by molar-refractivity contribution is 0.0708. The van der Waals surface area contributed by atoms with Gasteiger partial charge in [0.1, 0.15) is 0 Å². The first-order chi connectivity index (χ1) is 13.0. The number of nitrogens with zero attached hydrogens (tertiary/aromatic N) is 1. The molecule has 0 bridgehead atoms. The van der Waals surface area contributed by atoms with Gasteiger partial charge in [-0.25, -0.2) is 9.78 Å². The predicted octanol–water partition coefficient (Wildman–Crippen LogP) is 3.41. The Balaban J connectivity index is 1.81. The number of thiol groups is 1. The van der Waals surface area contributed by atoms with Crippen LogP contribution in [0.25, 0.3) is 11.0 Å². The molecule has 3 N–H and O–H groups in total. The first kappa shape index (κ1) is 21.7. The van der Waals surface area contributed by atoms with E-state index in [2.05, 4.69) is 33.2 Å². The number of H-pyrrole nitrogens is 1. The summed E-state index contributed by atoms with van der Waals surface area (Å²) in [6.07, 6.45) is 0.711. The van der Waals surface area contributed by atoms with Crippen LogP contribution >= 0.6 is 12.6 Å². The molecule has 150 valence electrons. The largest absolute Gasteiger partial charge is 0.500 e. The molecule has 0 saturated carbocycles. The number of carbonyl (C=O) groups is 1. The van der Waals surface area contributed by atoms with E-state index < -0.39 is 8.80 Å². The number of benzene rings is 1. The van der Waals surface area contributed by atoms with Gasteiger partial charge in [0.2, 0.25) is 0 Å². The van der Waals surface area contributed by atoms with Gasteiger partial charge in [0.05, 0.1) is 11.0 Å². The molecule has 2 rings (SSSR count). The summed E-state index contributed by atoms with van der Waals surface area (Å²) in [7, 11) is -2.66. The summed E-state index contributed by atoms with van der Waals surface area (Å²) in [5.74, 6) is 0. The number of amides is 2. The number of aromatic amines is 1. The van der Waals surface area contributed by atoms with E-state index in [0.717, 1.165) is 11.0 Å². The Morgan fingerprint density at radius 2 is 1.85 bits per heavy atom. The molecule has 0 aliphatic rings. The first-order valence-electron chi connectivity index (χ1n) is 9.17. The predicted molar refractivity (Wildman–Crippen MR) is 110 cm³/mol. The maximum absolute atomic E-state index is 12.1. The van der Waals surface area contributed by atoms with E-state index in [-0.39, 0.29) is 6.03 Å². The van der Waals surface area contributed by atoms with Gasteiger partial charge in [-0.1, -0.05) is 0 Å². The number of aromatic nitrogens is 2. The maximum atomic E-state index is 12.1. The lowest BCUT2D eigenvalue weighted by atomic mass is 10.3. The van der Waals surface area contributed by atoms with Crippen LogP contribution in [0, 0.1) is 0 Å². The van der Waals surface area contributed by atoms with Crippen LogP contribution in [-0.4, -0.2) is 51.2 Å². The lowest BCUT2D eigenvalue weighted by Crippen LogP contribution is -2.46. The summed E-state index contributed by atoms with van der Waals surface area (Å²) in [4.78, 5) is 19.3. The van der Waals surface area contributed by atoms with Crippen molar-refractivity contribution < 1.29 is 18.1 Å². The molecule has 0 fully saturated rings. The minimum Gasteiger partial charge on any atom is -0.374 e. The third-order valence-corrected chi connectivity index (χ3v) is 7.13. The van der Waals surface area contributed by atoms with E-state index in [1.807, 2.05) is 32.9 Å². The summed E-state index contributed by atoms with van der Waals surface area (Å²) in [6.45, 7) is 7.93. The SMILES string of the molecule is CCO[Si](CCCNC(=O)Nc1ccc2nc(S)[nH]c2c1)(OCC)OCC. The standard InChI is InChI=1S/C17H28N4O4SSi/c1-4-23-27(24-5-2,25-6-3)11-7-10-18-16(22)19-13-8-9-14-15(12-13)21-17(26)20-14/h8-9,12H,4-7,10-11H2,1-3H3,(H2,18,19,22)(H2,20,21,26). The zero-order valence-corrected chi connectivity index (χ0v) is 17.9. The van der Waals surface area contributed by atoms with Crippen molar-refractivity contribution in [3.8, 4) is 0 Å². The number of imidazole rings is 1. The van der Waals surface area contributed by atoms with Gasteiger partial charge >= 0.3 is 14.8 Å². The third kappa shape index (κ3) is 6.50. The van der Waals surface area contributed by atoms with Crippen molar-refractivity contribution in [3.05, 3.63) is 18.2 Å². The molecule has 0 aliphatic carbocycles. The number of carbonyl (C=O) groups excluding carboxylic acids is 1. The second-order valence-electron chi connectivity index (χ2n) is 5.76. The van der Waals surface area contributed by atoms with E-state index in [0.29, 0.717) is 49.7 Å². The van der Waals surface area contributed by atoms with Crippen molar-refractivity contribution in [1.29, 1.82) is 0 Å². The van der Waals surface area contributed by atoms with E-state index >= 15 is 0 Å². The van der Waals surface area contributed by atoms with Gasteiger partial charge in [-0.05, 0) is 45.4 Å². The van der Waals surface area contributed by atoms with E-state index in [9.17, 15) is 4.79 Å². The fourth-order valence-corrected chi connectivity index (χ4v) is 5.60. The second kappa shape index (κ2) is 10.7. The van der Waals surface area contributed by atoms with Crippen LogP contribution < -0.4 is 10.6 Å². The van der Waals surface area contributed by atoms with Crippen molar-refractivity contribution in [1.82, 2.24) is 15.3 Å². The Bertz CT molecular complexity index is 726. The molecule has 0 radical (unpaired) electrons. The highest BCUT2D eigenvalue weighted by atomic mass is 32.1. The van der Waals surface area contributed by atoms with Crippen LogP contribution in [0.1, 0.15) is 27.2 Å². The highest BCUT2D eigenvalue weighted by Gasteiger charge is 2.39. The average Bonchev–Trinajstić information content (AvgIpc) is 2.99. The smallest absolute Gasteiger partial charge is 0.374 e. The lowest BCUT2D eigenvalue weighted by Gasteiger charge is -2.28. The fraction of sp³-hybridized carbons (Fsp3) is 0.529. The number of urea groups is 1. The number of fused-ring (bicyclic) bond motifs is 1. The molecule has 10 heteroatoms. The van der Waals surface area contributed by atoms with Crippen LogP contribution in [0.4, 0.5) is 10.5 Å². The summed E-state index contributed by atoms with van der Waals surface area (Å²) < 4.78 is 17.4. The molecule has 0 spiro atoms. The second-order valence-corrected chi connectivity index (χ2v) is 8.91. The highest BCUT2D eigenvalue weighted by molar-refractivity contribution is 7.80. The van der Waals surface area contributed by atoms with Gasteiger partial charge in [0.15, 0.2) is 5.16 Å². The summed E-state index contributed by atoms with van der Waals surface area (Å²) in [5, 5.41) is 6.20. The Morgan fingerprint density at radius 1 is 1.19 bits per heavy atom. The van der Waals surface area contributed by atoms with Gasteiger partial charge in [0, 0.05) is 38.1 Å². The molecule has 1 heterocycles. The molecule has 0 atom stereocenters. The van der Waals surface area contributed by atoms with Crippen LogP contribution in [-0.2, 0) is 13.3 Å². The molecule has 2 aromatic rings. The number of nitrogens with one attached hydrogen (secondary N) is 3. The molecular formula is C17H28N4O4SSi. The van der Waals surface area contributed by atoms with Gasteiger partial charge in [-0.15, -0.1) is 12.6 Å². The maximum Gasteiger partial charge on any atom is 0.500 e. The fourth-order valence-electron chi connectivity index (χ4n) is 2.76. The third-order valence-electron chi connectivity index (χ3n) is 3.77. The number of anilines is 1. The Morgan fingerprint density at radius 3 is 2.48 bits per heavy atom. The van der Waals surface area contributed by atoms with Gasteiger partial charge in [-0.3, -0.25) is 0 Å². The van der Waals surface area contributed by atoms with E-state index in [4.69, 9.17) is 13.3 Å². The monoisotopic (exact) mass is 412 g/mol. The molecular weight excluding hydrogens is 384 g/mol. The summed E-state index contributed by atoms with van der Waals surface area (Å²) in [6, 6.07) is 5.84. The molecule has 0 aliphatic heterocycles. The minimum absolute atomic E-state index is 0.267. The van der Waals surface area contributed by atoms with Crippen molar-refractivity contribution in [3.63, 3.8) is 0 Å². The minimum atomic E-state index is -2.66. The van der Waals surface area contributed by atoms with Crippen molar-refractivity contribution >= 4 is 44.2 Å². The van der Waals surface area contributed by atoms with E-state index in [1.54, 1.807) is 6.07 Å². The topological polar surface area (TPSA) is 97.5 Å². The van der Waals surface area contributed by atoms with Gasteiger partial charge < -0.3 is 28.9 Å². The Hall–Kier alpha value is -1.59. The number of rotatable bonds is 11. The Labute approximate surface area is 166 Å². The van der Waals surface area contributed by atoms with Crippen molar-refractivity contribution in [2.45, 2.75) is 38.4 Å². The normalized spacial score (nSPS) is 11.7. The van der Waals surface area contributed by atoms with Gasteiger partial charge in [0.25, 0.3) is 0 Å².